The second-order valence-electron chi connectivity index (χ2n) is 7.33. The second kappa shape index (κ2) is 7.66. The summed E-state index contributed by atoms with van der Waals surface area (Å²) in [6.07, 6.45) is 0. The molecule has 144 valence electrons. The minimum absolute atomic E-state index is 0.193. The standard InChI is InChI=1S/C22H23FN4O/c1-26-10-11-27(14-21(26)15-6-8-17(23)9-7-15)13-16-12-20(22(24)28)25-19-5-3-2-4-18(16)19/h2-9,12,21H,10-11,13-14H2,1H3,(H2,24,28). The zero-order valence-corrected chi connectivity index (χ0v) is 15.8. The summed E-state index contributed by atoms with van der Waals surface area (Å²) >= 11 is 0. The van der Waals surface area contributed by atoms with Gasteiger partial charge in [0.2, 0.25) is 0 Å². The van der Waals surface area contributed by atoms with Gasteiger partial charge in [0.1, 0.15) is 11.5 Å². The van der Waals surface area contributed by atoms with Gasteiger partial charge in [-0.05, 0) is 42.4 Å². The molecule has 0 bridgehead atoms. The van der Waals surface area contributed by atoms with Crippen molar-refractivity contribution in [3.63, 3.8) is 0 Å². The van der Waals surface area contributed by atoms with Crippen LogP contribution in [0.2, 0.25) is 0 Å². The van der Waals surface area contributed by atoms with Crippen molar-refractivity contribution in [1.29, 1.82) is 0 Å². The molecule has 1 unspecified atom stereocenters. The highest BCUT2D eigenvalue weighted by atomic mass is 19.1. The SMILES string of the molecule is CN1CCN(Cc2cc(C(N)=O)nc3ccccc23)CC1c1ccc(F)cc1. The molecular formula is C22H23FN4O. The molecule has 1 aliphatic rings. The lowest BCUT2D eigenvalue weighted by Gasteiger charge is -2.40. The van der Waals surface area contributed by atoms with Crippen molar-refractivity contribution in [1.82, 2.24) is 14.8 Å². The van der Waals surface area contributed by atoms with Crippen LogP contribution in [0, 0.1) is 5.82 Å². The number of rotatable bonds is 4. The van der Waals surface area contributed by atoms with Crippen LogP contribution in [0.1, 0.15) is 27.7 Å². The first-order valence-corrected chi connectivity index (χ1v) is 9.38. The summed E-state index contributed by atoms with van der Waals surface area (Å²) in [5, 5.41) is 1.03. The predicted octanol–water partition coefficient (Wildman–Crippen LogP) is 2.96. The van der Waals surface area contributed by atoms with E-state index in [9.17, 15) is 9.18 Å². The third-order valence-corrected chi connectivity index (χ3v) is 5.44. The van der Waals surface area contributed by atoms with E-state index in [-0.39, 0.29) is 17.6 Å². The molecule has 0 aliphatic carbocycles. The normalized spacial score (nSPS) is 18.4. The summed E-state index contributed by atoms with van der Waals surface area (Å²) in [4.78, 5) is 20.7. The minimum atomic E-state index is -0.519. The lowest BCUT2D eigenvalue weighted by atomic mass is 10.0. The average molecular weight is 378 g/mol. The Labute approximate surface area is 163 Å². The maximum atomic E-state index is 13.3. The van der Waals surface area contributed by atoms with Crippen LogP contribution in [-0.2, 0) is 6.54 Å². The number of aromatic nitrogens is 1. The van der Waals surface area contributed by atoms with Gasteiger partial charge in [0.05, 0.1) is 5.52 Å². The van der Waals surface area contributed by atoms with Crippen LogP contribution >= 0.6 is 0 Å². The number of nitrogens with two attached hydrogens (primary N) is 1. The number of piperazine rings is 1. The van der Waals surface area contributed by atoms with Crippen LogP contribution in [0.5, 0.6) is 0 Å². The van der Waals surface area contributed by atoms with E-state index in [4.69, 9.17) is 5.73 Å². The average Bonchev–Trinajstić information content (AvgIpc) is 2.70. The van der Waals surface area contributed by atoms with Crippen LogP contribution < -0.4 is 5.73 Å². The van der Waals surface area contributed by atoms with Gasteiger partial charge in [-0.3, -0.25) is 14.6 Å². The fraction of sp³-hybridized carbons (Fsp3) is 0.273. The van der Waals surface area contributed by atoms with E-state index >= 15 is 0 Å². The molecular weight excluding hydrogens is 355 g/mol. The zero-order valence-electron chi connectivity index (χ0n) is 15.8. The highest BCUT2D eigenvalue weighted by Gasteiger charge is 2.26. The monoisotopic (exact) mass is 378 g/mol. The van der Waals surface area contributed by atoms with Crippen molar-refractivity contribution < 1.29 is 9.18 Å². The first-order chi connectivity index (χ1) is 13.5. The zero-order chi connectivity index (χ0) is 19.7. The number of pyridine rings is 1. The third-order valence-electron chi connectivity index (χ3n) is 5.44. The molecule has 2 N–H and O–H groups in total. The fourth-order valence-electron chi connectivity index (χ4n) is 3.86. The van der Waals surface area contributed by atoms with Crippen molar-refractivity contribution >= 4 is 16.8 Å². The van der Waals surface area contributed by atoms with Gasteiger partial charge in [0, 0.05) is 37.6 Å². The van der Waals surface area contributed by atoms with Gasteiger partial charge in [0.25, 0.3) is 5.91 Å². The van der Waals surface area contributed by atoms with Crippen molar-refractivity contribution in [3.8, 4) is 0 Å². The molecule has 1 amide bonds. The molecule has 5 nitrogen and oxygen atoms in total. The quantitative estimate of drug-likeness (QED) is 0.758. The Kier molecular flexibility index (Phi) is 5.07. The van der Waals surface area contributed by atoms with Crippen LogP contribution in [0.3, 0.4) is 0 Å². The topological polar surface area (TPSA) is 62.5 Å². The number of benzene rings is 2. The first-order valence-electron chi connectivity index (χ1n) is 9.38. The summed E-state index contributed by atoms with van der Waals surface area (Å²) in [5.41, 5.74) is 8.69. The molecule has 2 heterocycles. The van der Waals surface area contributed by atoms with E-state index in [0.717, 1.165) is 41.7 Å². The molecule has 1 aromatic heterocycles. The highest BCUT2D eigenvalue weighted by Crippen LogP contribution is 2.27. The number of nitrogens with zero attached hydrogens (tertiary/aromatic N) is 3. The van der Waals surface area contributed by atoms with Gasteiger partial charge in [-0.2, -0.15) is 0 Å². The van der Waals surface area contributed by atoms with E-state index in [0.29, 0.717) is 6.54 Å². The van der Waals surface area contributed by atoms with E-state index in [1.807, 2.05) is 36.4 Å². The first kappa shape index (κ1) is 18.5. The molecule has 0 saturated carbocycles. The number of likely N-dealkylation sites (N-methyl/N-ethyl adjacent to an activating group) is 1. The van der Waals surface area contributed by atoms with Gasteiger partial charge in [0.15, 0.2) is 0 Å². The molecule has 2 aromatic carbocycles. The van der Waals surface area contributed by atoms with E-state index in [1.54, 1.807) is 6.07 Å². The van der Waals surface area contributed by atoms with Crippen LogP contribution in [0.4, 0.5) is 4.39 Å². The number of amides is 1. The molecule has 1 fully saturated rings. The number of carbonyl (C=O) groups is 1. The van der Waals surface area contributed by atoms with Gasteiger partial charge in [-0.15, -0.1) is 0 Å². The molecule has 3 aromatic rings. The Morgan fingerprint density at radius 2 is 1.93 bits per heavy atom. The van der Waals surface area contributed by atoms with Crippen LogP contribution in [-0.4, -0.2) is 47.4 Å². The Hall–Kier alpha value is -2.83. The Bertz CT molecular complexity index is 1010. The van der Waals surface area contributed by atoms with Gasteiger partial charge < -0.3 is 5.73 Å². The molecule has 1 aliphatic heterocycles. The molecule has 1 saturated heterocycles. The van der Waals surface area contributed by atoms with Crippen LogP contribution in [0.25, 0.3) is 10.9 Å². The van der Waals surface area contributed by atoms with E-state index in [1.165, 1.54) is 12.1 Å². The van der Waals surface area contributed by atoms with Crippen molar-refractivity contribution in [2.24, 2.45) is 5.73 Å². The molecule has 1 atom stereocenters. The Balaban J connectivity index is 1.62. The van der Waals surface area contributed by atoms with Gasteiger partial charge in [-0.1, -0.05) is 30.3 Å². The predicted molar refractivity (Wildman–Crippen MR) is 107 cm³/mol. The minimum Gasteiger partial charge on any atom is -0.364 e. The maximum absolute atomic E-state index is 13.3. The number of hydrogen-bond acceptors (Lipinski definition) is 4. The van der Waals surface area contributed by atoms with E-state index < -0.39 is 5.91 Å². The number of carbonyl (C=O) groups excluding carboxylic acids is 1. The van der Waals surface area contributed by atoms with Crippen molar-refractivity contribution in [2.45, 2.75) is 12.6 Å². The summed E-state index contributed by atoms with van der Waals surface area (Å²) in [7, 11) is 2.10. The molecule has 28 heavy (non-hydrogen) atoms. The number of halogens is 1. The van der Waals surface area contributed by atoms with Gasteiger partial charge >= 0.3 is 0 Å². The second-order valence-corrected chi connectivity index (χ2v) is 7.33. The summed E-state index contributed by atoms with van der Waals surface area (Å²) in [5.74, 6) is -0.740. The summed E-state index contributed by atoms with van der Waals surface area (Å²) < 4.78 is 13.3. The van der Waals surface area contributed by atoms with Gasteiger partial charge in [-0.25, -0.2) is 9.37 Å². The van der Waals surface area contributed by atoms with Crippen molar-refractivity contribution in [3.05, 3.63) is 77.2 Å². The lowest BCUT2D eigenvalue weighted by Crippen LogP contribution is -2.46. The molecule has 0 spiro atoms. The summed E-state index contributed by atoms with van der Waals surface area (Å²) in [6, 6.07) is 16.5. The fourth-order valence-corrected chi connectivity index (χ4v) is 3.86. The number of fused-ring (bicyclic) bond motifs is 1. The number of hydrogen-bond donors (Lipinski definition) is 1. The Morgan fingerprint density at radius 3 is 2.68 bits per heavy atom. The van der Waals surface area contributed by atoms with Crippen LogP contribution in [0.15, 0.2) is 54.6 Å². The lowest BCUT2D eigenvalue weighted by molar-refractivity contribution is 0.0906. The molecule has 0 radical (unpaired) electrons. The maximum Gasteiger partial charge on any atom is 0.267 e. The molecule has 6 heteroatoms. The Morgan fingerprint density at radius 1 is 1.18 bits per heavy atom. The third kappa shape index (κ3) is 3.74. The number of para-hydroxylation sites is 1. The van der Waals surface area contributed by atoms with Crippen molar-refractivity contribution in [2.75, 3.05) is 26.7 Å². The largest absolute Gasteiger partial charge is 0.364 e. The highest BCUT2D eigenvalue weighted by molar-refractivity contribution is 5.94. The number of primary amides is 1. The molecule has 4 rings (SSSR count). The van der Waals surface area contributed by atoms with E-state index in [2.05, 4.69) is 21.8 Å². The summed E-state index contributed by atoms with van der Waals surface area (Å²) in [6.45, 7) is 3.35. The smallest absolute Gasteiger partial charge is 0.267 e.